The maximum absolute atomic E-state index is 11.8. The van der Waals surface area contributed by atoms with Crippen LogP contribution in [0.4, 0.5) is 0 Å². The normalized spacial score (nSPS) is 10.1. The van der Waals surface area contributed by atoms with Crippen molar-refractivity contribution in [2.45, 2.75) is 13.8 Å². The van der Waals surface area contributed by atoms with E-state index in [9.17, 15) is 9.59 Å². The first-order chi connectivity index (χ1) is 7.99. The molecule has 0 aliphatic carbocycles. The largest absolute Gasteiger partial charge is 0.478 e. The van der Waals surface area contributed by atoms with Gasteiger partial charge in [-0.15, -0.1) is 0 Å². The topological polar surface area (TPSA) is 86.6 Å². The highest BCUT2D eigenvalue weighted by molar-refractivity contribution is 6.06. The van der Waals surface area contributed by atoms with Gasteiger partial charge in [-0.25, -0.2) is 4.79 Å². The number of hydrogen-bond donors (Lipinski definition) is 3. The number of aromatic carboxylic acids is 1. The molecule has 1 aromatic carbocycles. The summed E-state index contributed by atoms with van der Waals surface area (Å²) < 4.78 is 0. The van der Waals surface area contributed by atoms with Crippen LogP contribution in [0.1, 0.15) is 31.8 Å². The molecule has 17 heavy (non-hydrogen) atoms. The molecule has 5 nitrogen and oxygen atoms in total. The molecule has 0 spiro atoms. The molecule has 5 heteroatoms. The van der Waals surface area contributed by atoms with Gasteiger partial charge < -0.3 is 15.5 Å². The molecule has 0 saturated carbocycles. The number of carbonyl (C=O) groups excluding carboxylic acids is 1. The average molecular weight is 237 g/mol. The fourth-order valence-corrected chi connectivity index (χ4v) is 1.64. The second kappa shape index (κ2) is 5.45. The third-order valence-electron chi connectivity index (χ3n) is 2.46. The summed E-state index contributed by atoms with van der Waals surface area (Å²) in [4.78, 5) is 23.0. The Labute approximate surface area is 99.1 Å². The summed E-state index contributed by atoms with van der Waals surface area (Å²) in [6.45, 7) is 3.25. The third-order valence-corrected chi connectivity index (χ3v) is 2.46. The fourth-order valence-electron chi connectivity index (χ4n) is 1.64. The molecule has 0 aliphatic rings. The summed E-state index contributed by atoms with van der Waals surface area (Å²) in [5.41, 5.74) is 1.31. The van der Waals surface area contributed by atoms with Gasteiger partial charge in [-0.2, -0.15) is 0 Å². The van der Waals surface area contributed by atoms with Gasteiger partial charge in [0, 0.05) is 6.54 Å². The Morgan fingerprint density at radius 3 is 2.18 bits per heavy atom. The van der Waals surface area contributed by atoms with Crippen molar-refractivity contribution < 1.29 is 19.8 Å². The van der Waals surface area contributed by atoms with Gasteiger partial charge in [-0.3, -0.25) is 4.79 Å². The van der Waals surface area contributed by atoms with Crippen molar-refractivity contribution in [2.75, 3.05) is 13.2 Å². The van der Waals surface area contributed by atoms with Crippen molar-refractivity contribution in [1.82, 2.24) is 5.32 Å². The zero-order valence-electron chi connectivity index (χ0n) is 9.78. The molecule has 0 aromatic heterocycles. The summed E-state index contributed by atoms with van der Waals surface area (Å²) in [7, 11) is 0. The Balaban J connectivity index is 3.25. The third kappa shape index (κ3) is 2.82. The van der Waals surface area contributed by atoms with Crippen molar-refractivity contribution >= 4 is 11.9 Å². The monoisotopic (exact) mass is 237 g/mol. The summed E-state index contributed by atoms with van der Waals surface area (Å²) in [5.74, 6) is -1.60. The van der Waals surface area contributed by atoms with Crippen LogP contribution in [-0.4, -0.2) is 35.2 Å². The zero-order chi connectivity index (χ0) is 13.0. The van der Waals surface area contributed by atoms with E-state index >= 15 is 0 Å². The number of benzene rings is 1. The SMILES string of the molecule is Cc1ccc(C)c(C(=O)NCCO)c1C(=O)O. The van der Waals surface area contributed by atoms with Crippen LogP contribution >= 0.6 is 0 Å². The molecule has 3 N–H and O–H groups in total. The quantitative estimate of drug-likeness (QED) is 0.720. The van der Waals surface area contributed by atoms with Crippen molar-refractivity contribution in [3.63, 3.8) is 0 Å². The van der Waals surface area contributed by atoms with Crippen LogP contribution in [0, 0.1) is 13.8 Å². The molecule has 0 atom stereocenters. The first-order valence-corrected chi connectivity index (χ1v) is 5.21. The van der Waals surface area contributed by atoms with E-state index in [0.29, 0.717) is 11.1 Å². The summed E-state index contributed by atoms with van der Waals surface area (Å²) in [6.07, 6.45) is 0. The van der Waals surface area contributed by atoms with Crippen LogP contribution in [0.5, 0.6) is 0 Å². The number of carboxylic acid groups (broad SMARTS) is 1. The maximum atomic E-state index is 11.8. The zero-order valence-corrected chi connectivity index (χ0v) is 9.78. The van der Waals surface area contributed by atoms with Crippen LogP contribution in [0.2, 0.25) is 0 Å². The first kappa shape index (κ1) is 13.2. The van der Waals surface area contributed by atoms with E-state index in [-0.39, 0.29) is 24.3 Å². The number of nitrogens with one attached hydrogen (secondary N) is 1. The lowest BCUT2D eigenvalue weighted by molar-refractivity contribution is 0.0690. The molecule has 1 rings (SSSR count). The molecule has 0 aliphatic heterocycles. The smallest absolute Gasteiger partial charge is 0.336 e. The Hall–Kier alpha value is -1.88. The van der Waals surface area contributed by atoms with Gasteiger partial charge >= 0.3 is 5.97 Å². The molecular formula is C12H15NO4. The number of aliphatic hydroxyl groups excluding tert-OH is 1. The van der Waals surface area contributed by atoms with Gasteiger partial charge in [0.15, 0.2) is 0 Å². The minimum absolute atomic E-state index is 0.0143. The van der Waals surface area contributed by atoms with Gasteiger partial charge in [0.1, 0.15) is 0 Å². The number of carboxylic acids is 1. The lowest BCUT2D eigenvalue weighted by Crippen LogP contribution is -2.29. The molecule has 0 radical (unpaired) electrons. The van der Waals surface area contributed by atoms with Crippen LogP contribution < -0.4 is 5.32 Å². The van der Waals surface area contributed by atoms with Gasteiger partial charge in [0.2, 0.25) is 0 Å². The lowest BCUT2D eigenvalue weighted by Gasteiger charge is -2.12. The van der Waals surface area contributed by atoms with E-state index in [1.807, 2.05) is 0 Å². The number of aryl methyl sites for hydroxylation is 2. The Kier molecular flexibility index (Phi) is 4.23. The number of amides is 1. The minimum Gasteiger partial charge on any atom is -0.478 e. The second-order valence-electron chi connectivity index (χ2n) is 3.73. The van der Waals surface area contributed by atoms with E-state index in [1.165, 1.54) is 0 Å². The highest BCUT2D eigenvalue weighted by Crippen LogP contribution is 2.18. The number of aliphatic hydroxyl groups is 1. The molecule has 1 amide bonds. The molecule has 0 bridgehead atoms. The Bertz CT molecular complexity index is 454. The maximum Gasteiger partial charge on any atom is 0.336 e. The van der Waals surface area contributed by atoms with E-state index in [0.717, 1.165) is 0 Å². The predicted octanol–water partition coefficient (Wildman–Crippen LogP) is 0.724. The van der Waals surface area contributed by atoms with Crippen molar-refractivity contribution in [3.8, 4) is 0 Å². The molecule has 0 unspecified atom stereocenters. The van der Waals surface area contributed by atoms with Gasteiger partial charge in [0.05, 0.1) is 17.7 Å². The van der Waals surface area contributed by atoms with E-state index < -0.39 is 11.9 Å². The van der Waals surface area contributed by atoms with Gasteiger partial charge in [-0.1, -0.05) is 12.1 Å². The van der Waals surface area contributed by atoms with Crippen molar-refractivity contribution in [3.05, 3.63) is 34.4 Å². The van der Waals surface area contributed by atoms with E-state index in [1.54, 1.807) is 26.0 Å². The molecular weight excluding hydrogens is 222 g/mol. The van der Waals surface area contributed by atoms with Crippen LogP contribution in [0.3, 0.4) is 0 Å². The van der Waals surface area contributed by atoms with Gasteiger partial charge in [-0.05, 0) is 25.0 Å². The average Bonchev–Trinajstić information content (AvgIpc) is 2.28. The highest BCUT2D eigenvalue weighted by atomic mass is 16.4. The van der Waals surface area contributed by atoms with Gasteiger partial charge in [0.25, 0.3) is 5.91 Å². The number of rotatable bonds is 4. The van der Waals surface area contributed by atoms with E-state index in [4.69, 9.17) is 10.2 Å². The van der Waals surface area contributed by atoms with Crippen LogP contribution in [0.15, 0.2) is 12.1 Å². The van der Waals surface area contributed by atoms with Crippen molar-refractivity contribution in [2.24, 2.45) is 0 Å². The Morgan fingerprint density at radius 1 is 1.18 bits per heavy atom. The lowest BCUT2D eigenvalue weighted by atomic mass is 9.96. The standard InChI is InChI=1S/C12H15NO4/c1-7-3-4-8(2)10(12(16)17)9(7)11(15)13-5-6-14/h3-4,14H,5-6H2,1-2H3,(H,13,15)(H,16,17). The molecule has 0 saturated heterocycles. The Morgan fingerprint density at radius 2 is 1.71 bits per heavy atom. The molecule has 92 valence electrons. The van der Waals surface area contributed by atoms with Crippen LogP contribution in [0.25, 0.3) is 0 Å². The van der Waals surface area contributed by atoms with Crippen LogP contribution in [-0.2, 0) is 0 Å². The highest BCUT2D eigenvalue weighted by Gasteiger charge is 2.20. The fraction of sp³-hybridized carbons (Fsp3) is 0.333. The number of carbonyl (C=O) groups is 2. The summed E-state index contributed by atoms with van der Waals surface area (Å²) in [5, 5.41) is 20.2. The molecule has 0 heterocycles. The summed E-state index contributed by atoms with van der Waals surface area (Å²) >= 11 is 0. The second-order valence-corrected chi connectivity index (χ2v) is 3.73. The minimum atomic E-state index is -1.12. The first-order valence-electron chi connectivity index (χ1n) is 5.21. The predicted molar refractivity (Wildman–Crippen MR) is 62.3 cm³/mol. The molecule has 1 aromatic rings. The van der Waals surface area contributed by atoms with Crippen molar-refractivity contribution in [1.29, 1.82) is 0 Å². The molecule has 0 fully saturated rings. The summed E-state index contributed by atoms with van der Waals surface area (Å²) in [6, 6.07) is 3.37. The van der Waals surface area contributed by atoms with E-state index in [2.05, 4.69) is 5.32 Å². The number of hydrogen-bond acceptors (Lipinski definition) is 3.